The average Bonchev–Trinajstić information content (AvgIpc) is 2.62. The van der Waals surface area contributed by atoms with Gasteiger partial charge in [0.05, 0.1) is 23.6 Å². The van der Waals surface area contributed by atoms with Crippen molar-refractivity contribution in [2.75, 3.05) is 12.0 Å². The van der Waals surface area contributed by atoms with Crippen LogP contribution >= 0.6 is 23.2 Å². The van der Waals surface area contributed by atoms with Gasteiger partial charge in [0.15, 0.2) is 0 Å². The average molecular weight is 378 g/mol. The molecule has 0 fully saturated rings. The van der Waals surface area contributed by atoms with Crippen LogP contribution in [0.3, 0.4) is 0 Å². The summed E-state index contributed by atoms with van der Waals surface area (Å²) in [6, 6.07) is 12.0. The molecule has 1 aliphatic rings. The summed E-state index contributed by atoms with van der Waals surface area (Å²) >= 11 is 12.2. The van der Waals surface area contributed by atoms with Crippen LogP contribution in [0.4, 0.5) is 5.69 Å². The van der Waals surface area contributed by atoms with Gasteiger partial charge in [0.2, 0.25) is 0 Å². The number of fused-ring (bicyclic) bond motifs is 1. The topological polar surface area (TPSA) is 46.6 Å². The lowest BCUT2D eigenvalue weighted by molar-refractivity contribution is -0.142. The molecular weight excluding hydrogens is 361 g/mol. The van der Waals surface area contributed by atoms with Gasteiger partial charge in [0.25, 0.3) is 5.91 Å². The molecule has 0 saturated heterocycles. The third-order valence-corrected chi connectivity index (χ3v) is 5.02. The summed E-state index contributed by atoms with van der Waals surface area (Å²) in [7, 11) is 1.37. The van der Waals surface area contributed by atoms with E-state index < -0.39 is 5.92 Å². The molecule has 0 spiro atoms. The highest BCUT2D eigenvalue weighted by Gasteiger charge is 2.38. The second-order valence-electron chi connectivity index (χ2n) is 6.02. The molecule has 1 heterocycles. The molecule has 1 amide bonds. The van der Waals surface area contributed by atoms with E-state index in [-0.39, 0.29) is 17.9 Å². The molecule has 2 aromatic carbocycles. The van der Waals surface area contributed by atoms with E-state index in [0.29, 0.717) is 27.7 Å². The highest BCUT2D eigenvalue weighted by molar-refractivity contribution is 6.36. The number of hydrogen-bond donors (Lipinski definition) is 0. The van der Waals surface area contributed by atoms with Crippen molar-refractivity contribution < 1.29 is 14.3 Å². The van der Waals surface area contributed by atoms with Gasteiger partial charge in [-0.25, -0.2) is 0 Å². The van der Waals surface area contributed by atoms with E-state index in [0.717, 1.165) is 5.56 Å². The lowest BCUT2D eigenvalue weighted by atomic mass is 9.85. The standard InChI is InChI=1S/C19H17Cl2NO3/c1-11-9-14(19(24)25-2)13-5-3-4-6-17(13)22(11)18(23)15-10-12(20)7-8-16(15)21/h3-8,10-11,14H,9H2,1-2H3. The van der Waals surface area contributed by atoms with Gasteiger partial charge in [-0.1, -0.05) is 41.4 Å². The maximum Gasteiger partial charge on any atom is 0.313 e. The molecule has 0 saturated carbocycles. The number of rotatable bonds is 2. The number of methoxy groups -OCH3 is 1. The van der Waals surface area contributed by atoms with Gasteiger partial charge in [-0.3, -0.25) is 9.59 Å². The second-order valence-corrected chi connectivity index (χ2v) is 6.86. The largest absolute Gasteiger partial charge is 0.469 e. The van der Waals surface area contributed by atoms with Gasteiger partial charge in [-0.05, 0) is 43.2 Å². The highest BCUT2D eigenvalue weighted by Crippen LogP contribution is 2.40. The number of nitrogens with zero attached hydrogens (tertiary/aromatic N) is 1. The zero-order chi connectivity index (χ0) is 18.1. The minimum absolute atomic E-state index is 0.193. The molecule has 4 nitrogen and oxygen atoms in total. The summed E-state index contributed by atoms with van der Waals surface area (Å²) in [5.74, 6) is -0.932. The summed E-state index contributed by atoms with van der Waals surface area (Å²) in [6.45, 7) is 1.90. The van der Waals surface area contributed by atoms with Crippen LogP contribution in [0.2, 0.25) is 10.0 Å². The number of para-hydroxylation sites is 1. The minimum atomic E-state index is -0.393. The molecule has 3 rings (SSSR count). The molecule has 0 aliphatic carbocycles. The molecule has 6 heteroatoms. The predicted molar refractivity (Wildman–Crippen MR) is 98.5 cm³/mol. The Balaban J connectivity index is 2.08. The fraction of sp³-hybridized carbons (Fsp3) is 0.263. The third kappa shape index (κ3) is 3.24. The number of carbonyl (C=O) groups excluding carboxylic acids is 2. The second kappa shape index (κ2) is 7.06. The van der Waals surface area contributed by atoms with Crippen LogP contribution in [-0.2, 0) is 9.53 Å². The summed E-state index contributed by atoms with van der Waals surface area (Å²) in [5.41, 5.74) is 1.81. The number of ether oxygens (including phenoxy) is 1. The Morgan fingerprint density at radius 1 is 1.16 bits per heavy atom. The summed E-state index contributed by atoms with van der Waals surface area (Å²) in [5, 5.41) is 0.785. The quantitative estimate of drug-likeness (QED) is 0.713. The normalized spacial score (nSPS) is 19.3. The smallest absolute Gasteiger partial charge is 0.313 e. The van der Waals surface area contributed by atoms with Crippen molar-refractivity contribution in [1.82, 2.24) is 0 Å². The number of hydrogen-bond acceptors (Lipinski definition) is 3. The molecule has 130 valence electrons. The van der Waals surface area contributed by atoms with Crippen molar-refractivity contribution in [3.8, 4) is 0 Å². The molecule has 25 heavy (non-hydrogen) atoms. The molecule has 0 bridgehead atoms. The van der Waals surface area contributed by atoms with Crippen molar-refractivity contribution in [2.24, 2.45) is 0 Å². The van der Waals surface area contributed by atoms with Crippen LogP contribution in [0, 0.1) is 0 Å². The number of esters is 1. The maximum absolute atomic E-state index is 13.2. The number of benzene rings is 2. The van der Waals surface area contributed by atoms with Gasteiger partial charge >= 0.3 is 5.97 Å². The number of anilines is 1. The van der Waals surface area contributed by atoms with Crippen LogP contribution in [0.15, 0.2) is 42.5 Å². The molecule has 2 aromatic rings. The third-order valence-electron chi connectivity index (χ3n) is 4.45. The van der Waals surface area contributed by atoms with Crippen molar-refractivity contribution in [2.45, 2.75) is 25.3 Å². The van der Waals surface area contributed by atoms with Gasteiger partial charge in [-0.2, -0.15) is 0 Å². The van der Waals surface area contributed by atoms with Crippen molar-refractivity contribution >= 4 is 40.8 Å². The van der Waals surface area contributed by atoms with E-state index in [1.807, 2.05) is 31.2 Å². The van der Waals surface area contributed by atoms with Crippen LogP contribution in [0.1, 0.15) is 35.2 Å². The van der Waals surface area contributed by atoms with Crippen molar-refractivity contribution in [1.29, 1.82) is 0 Å². The first-order valence-electron chi connectivity index (χ1n) is 7.89. The van der Waals surface area contributed by atoms with Gasteiger partial charge in [0.1, 0.15) is 0 Å². The van der Waals surface area contributed by atoms with E-state index in [4.69, 9.17) is 27.9 Å². The fourth-order valence-electron chi connectivity index (χ4n) is 3.28. The van der Waals surface area contributed by atoms with Gasteiger partial charge in [0, 0.05) is 16.8 Å². The highest BCUT2D eigenvalue weighted by atomic mass is 35.5. The van der Waals surface area contributed by atoms with Gasteiger partial charge in [-0.15, -0.1) is 0 Å². The molecular formula is C19H17Cl2NO3. The molecule has 2 atom stereocenters. The molecule has 0 radical (unpaired) electrons. The Kier molecular flexibility index (Phi) is 5.02. The number of amides is 1. The van der Waals surface area contributed by atoms with E-state index >= 15 is 0 Å². The van der Waals surface area contributed by atoms with Crippen molar-refractivity contribution in [3.63, 3.8) is 0 Å². The molecule has 1 aliphatic heterocycles. The Bertz CT molecular complexity index is 837. The first-order valence-corrected chi connectivity index (χ1v) is 8.65. The van der Waals surface area contributed by atoms with Crippen LogP contribution < -0.4 is 4.90 Å². The summed E-state index contributed by atoms with van der Waals surface area (Å²) in [6.07, 6.45) is 0.480. The maximum atomic E-state index is 13.2. The Labute approximate surface area is 156 Å². The molecule has 2 unspecified atom stereocenters. The lowest BCUT2D eigenvalue weighted by Crippen LogP contribution is -2.44. The predicted octanol–water partition coefficient (Wildman–Crippen LogP) is 4.69. The SMILES string of the molecule is COC(=O)C1CC(C)N(C(=O)c2cc(Cl)ccc2Cl)c2ccccc21. The van der Waals surface area contributed by atoms with E-state index in [9.17, 15) is 9.59 Å². The fourth-order valence-corrected chi connectivity index (χ4v) is 3.65. The Morgan fingerprint density at radius 3 is 2.60 bits per heavy atom. The number of carbonyl (C=O) groups is 2. The molecule has 0 N–H and O–H groups in total. The van der Waals surface area contributed by atoms with E-state index in [1.165, 1.54) is 7.11 Å². The van der Waals surface area contributed by atoms with Crippen LogP contribution in [0.5, 0.6) is 0 Å². The summed E-state index contributed by atoms with van der Waals surface area (Å²) < 4.78 is 4.93. The minimum Gasteiger partial charge on any atom is -0.469 e. The van der Waals surface area contributed by atoms with E-state index in [2.05, 4.69) is 0 Å². The summed E-state index contributed by atoms with van der Waals surface area (Å²) in [4.78, 5) is 27.0. The van der Waals surface area contributed by atoms with Crippen molar-refractivity contribution in [3.05, 3.63) is 63.6 Å². The van der Waals surface area contributed by atoms with Crippen LogP contribution in [0.25, 0.3) is 0 Å². The van der Waals surface area contributed by atoms with Gasteiger partial charge < -0.3 is 9.64 Å². The Morgan fingerprint density at radius 2 is 1.88 bits per heavy atom. The first kappa shape index (κ1) is 17.8. The first-order chi connectivity index (χ1) is 11.9. The van der Waals surface area contributed by atoms with Crippen LogP contribution in [-0.4, -0.2) is 25.0 Å². The monoisotopic (exact) mass is 377 g/mol. The molecule has 0 aromatic heterocycles. The zero-order valence-electron chi connectivity index (χ0n) is 13.8. The lowest BCUT2D eigenvalue weighted by Gasteiger charge is -2.38. The number of halogens is 2. The zero-order valence-corrected chi connectivity index (χ0v) is 15.3. The van der Waals surface area contributed by atoms with E-state index in [1.54, 1.807) is 23.1 Å². The Hall–Kier alpha value is -2.04.